The van der Waals surface area contributed by atoms with E-state index in [2.05, 4.69) is 19.9 Å². The number of aromatic nitrogens is 4. The van der Waals surface area contributed by atoms with Gasteiger partial charge in [0.2, 0.25) is 0 Å². The molecule has 4 rings (SSSR count). The molecule has 7 heteroatoms. The number of carbonyl (C=O) groups is 1. The highest BCUT2D eigenvalue weighted by atomic mass is 32.2. The molecule has 2 aromatic heterocycles. The van der Waals surface area contributed by atoms with E-state index in [4.69, 9.17) is 0 Å². The van der Waals surface area contributed by atoms with E-state index in [1.807, 2.05) is 30.5 Å². The van der Waals surface area contributed by atoms with Gasteiger partial charge in [-0.3, -0.25) is 4.79 Å². The molecule has 0 radical (unpaired) electrons. The SMILES string of the molecule is CSc1ncc(C(=O)N2CC(c3nc4ccccc4[nH]3)C2)cn1. The molecule has 1 aliphatic heterocycles. The molecule has 1 aromatic carbocycles. The summed E-state index contributed by atoms with van der Waals surface area (Å²) in [5.74, 6) is 1.19. The van der Waals surface area contributed by atoms with Crippen LogP contribution in [0.25, 0.3) is 11.0 Å². The second-order valence-corrected chi connectivity index (χ2v) is 6.28. The van der Waals surface area contributed by atoms with E-state index in [1.165, 1.54) is 11.8 Å². The Morgan fingerprint density at radius 3 is 2.70 bits per heavy atom. The zero-order valence-corrected chi connectivity index (χ0v) is 13.4. The van der Waals surface area contributed by atoms with Gasteiger partial charge in [-0.15, -0.1) is 0 Å². The number of H-pyrrole nitrogens is 1. The van der Waals surface area contributed by atoms with Crippen molar-refractivity contribution < 1.29 is 4.79 Å². The number of thioether (sulfide) groups is 1. The number of fused-ring (bicyclic) bond motifs is 1. The fraction of sp³-hybridized carbons (Fsp3) is 0.250. The van der Waals surface area contributed by atoms with E-state index in [0.717, 1.165) is 16.9 Å². The number of imidazole rings is 1. The Balaban J connectivity index is 1.44. The van der Waals surface area contributed by atoms with E-state index < -0.39 is 0 Å². The fourth-order valence-electron chi connectivity index (χ4n) is 2.70. The molecule has 1 N–H and O–H groups in total. The molecule has 3 aromatic rings. The maximum Gasteiger partial charge on any atom is 0.257 e. The van der Waals surface area contributed by atoms with Gasteiger partial charge >= 0.3 is 0 Å². The topological polar surface area (TPSA) is 74.8 Å². The summed E-state index contributed by atoms with van der Waals surface area (Å²) in [4.78, 5) is 30.4. The molecule has 116 valence electrons. The highest BCUT2D eigenvalue weighted by Gasteiger charge is 2.34. The first kappa shape index (κ1) is 14.2. The fourth-order valence-corrected chi connectivity index (χ4v) is 3.01. The lowest BCUT2D eigenvalue weighted by molar-refractivity contribution is 0.0594. The number of para-hydroxylation sites is 2. The smallest absolute Gasteiger partial charge is 0.257 e. The molecule has 1 saturated heterocycles. The highest BCUT2D eigenvalue weighted by molar-refractivity contribution is 7.98. The quantitative estimate of drug-likeness (QED) is 0.591. The second kappa shape index (κ2) is 5.66. The molecule has 0 saturated carbocycles. The van der Waals surface area contributed by atoms with Gasteiger partial charge in [0.15, 0.2) is 5.16 Å². The van der Waals surface area contributed by atoms with E-state index >= 15 is 0 Å². The van der Waals surface area contributed by atoms with Gasteiger partial charge < -0.3 is 9.88 Å². The molecular formula is C16H15N5OS. The summed E-state index contributed by atoms with van der Waals surface area (Å²) in [5, 5.41) is 0.672. The number of hydrogen-bond acceptors (Lipinski definition) is 5. The Morgan fingerprint density at radius 1 is 1.26 bits per heavy atom. The van der Waals surface area contributed by atoms with Gasteiger partial charge in [-0.05, 0) is 18.4 Å². The van der Waals surface area contributed by atoms with Crippen LogP contribution in [0.4, 0.5) is 0 Å². The summed E-state index contributed by atoms with van der Waals surface area (Å²) >= 11 is 1.46. The lowest BCUT2D eigenvalue weighted by Gasteiger charge is -2.38. The van der Waals surface area contributed by atoms with Crippen molar-refractivity contribution in [1.29, 1.82) is 0 Å². The van der Waals surface area contributed by atoms with Crippen molar-refractivity contribution in [3.8, 4) is 0 Å². The van der Waals surface area contributed by atoms with Crippen molar-refractivity contribution in [3.05, 3.63) is 48.0 Å². The van der Waals surface area contributed by atoms with Crippen LogP contribution in [0.3, 0.4) is 0 Å². The lowest BCUT2D eigenvalue weighted by Crippen LogP contribution is -2.48. The molecule has 6 nitrogen and oxygen atoms in total. The maximum atomic E-state index is 12.4. The summed E-state index contributed by atoms with van der Waals surface area (Å²) in [7, 11) is 0. The van der Waals surface area contributed by atoms with Gasteiger partial charge in [0.1, 0.15) is 5.82 Å². The van der Waals surface area contributed by atoms with Crippen LogP contribution in [0.5, 0.6) is 0 Å². The number of benzene rings is 1. The Hall–Kier alpha value is -2.41. The minimum absolute atomic E-state index is 0.0231. The predicted molar refractivity (Wildman–Crippen MR) is 88.6 cm³/mol. The largest absolute Gasteiger partial charge is 0.342 e. The number of hydrogen-bond donors (Lipinski definition) is 1. The summed E-state index contributed by atoms with van der Waals surface area (Å²) in [6.45, 7) is 1.34. The van der Waals surface area contributed by atoms with E-state index in [0.29, 0.717) is 23.8 Å². The van der Waals surface area contributed by atoms with Gasteiger partial charge in [-0.2, -0.15) is 0 Å². The van der Waals surface area contributed by atoms with Gasteiger partial charge in [0.05, 0.1) is 22.5 Å². The average molecular weight is 325 g/mol. The molecule has 0 spiro atoms. The van der Waals surface area contributed by atoms with Gasteiger partial charge in [-0.1, -0.05) is 23.9 Å². The van der Waals surface area contributed by atoms with Crippen LogP contribution in [-0.2, 0) is 0 Å². The van der Waals surface area contributed by atoms with Crippen LogP contribution < -0.4 is 0 Å². The minimum Gasteiger partial charge on any atom is -0.342 e. The third-order valence-electron chi connectivity index (χ3n) is 4.02. The molecule has 1 fully saturated rings. The monoisotopic (exact) mass is 325 g/mol. The van der Waals surface area contributed by atoms with Crippen LogP contribution in [0.2, 0.25) is 0 Å². The zero-order chi connectivity index (χ0) is 15.8. The van der Waals surface area contributed by atoms with Crippen molar-refractivity contribution in [2.75, 3.05) is 19.3 Å². The van der Waals surface area contributed by atoms with Crippen molar-refractivity contribution >= 4 is 28.7 Å². The first-order chi connectivity index (χ1) is 11.2. The molecule has 23 heavy (non-hydrogen) atoms. The zero-order valence-electron chi connectivity index (χ0n) is 12.6. The Labute approximate surface area is 137 Å². The van der Waals surface area contributed by atoms with Crippen LogP contribution in [0.1, 0.15) is 22.1 Å². The van der Waals surface area contributed by atoms with Gasteiger partial charge in [-0.25, -0.2) is 15.0 Å². The summed E-state index contributed by atoms with van der Waals surface area (Å²) < 4.78 is 0. The van der Waals surface area contributed by atoms with Crippen molar-refractivity contribution in [3.63, 3.8) is 0 Å². The molecule has 1 aliphatic rings. The van der Waals surface area contributed by atoms with Crippen LogP contribution in [0, 0.1) is 0 Å². The number of nitrogens with one attached hydrogen (secondary N) is 1. The molecule has 1 amide bonds. The third kappa shape index (κ3) is 2.57. The predicted octanol–water partition coefficient (Wildman–Crippen LogP) is 2.31. The molecule has 0 bridgehead atoms. The van der Waals surface area contributed by atoms with Crippen LogP contribution in [-0.4, -0.2) is 50.1 Å². The van der Waals surface area contributed by atoms with Crippen LogP contribution >= 0.6 is 11.8 Å². The van der Waals surface area contributed by atoms with E-state index in [9.17, 15) is 4.79 Å². The molecule has 0 atom stereocenters. The standard InChI is InChI=1S/C16H15N5OS/c1-23-16-17-6-10(7-18-16)15(22)21-8-11(9-21)14-19-12-4-2-3-5-13(12)20-14/h2-7,11H,8-9H2,1H3,(H,19,20). The average Bonchev–Trinajstić information content (AvgIpc) is 2.97. The molecule has 0 unspecified atom stereocenters. The number of carbonyl (C=O) groups excluding carboxylic acids is 1. The molecule has 0 aliphatic carbocycles. The van der Waals surface area contributed by atoms with Crippen molar-refractivity contribution in [2.45, 2.75) is 11.1 Å². The highest BCUT2D eigenvalue weighted by Crippen LogP contribution is 2.27. The van der Waals surface area contributed by atoms with Crippen molar-refractivity contribution in [1.82, 2.24) is 24.8 Å². The lowest BCUT2D eigenvalue weighted by atomic mass is 9.98. The Bertz CT molecular complexity index is 821. The Morgan fingerprint density at radius 2 is 2.00 bits per heavy atom. The minimum atomic E-state index is -0.0231. The third-order valence-corrected chi connectivity index (χ3v) is 4.60. The Kier molecular flexibility index (Phi) is 3.49. The van der Waals surface area contributed by atoms with E-state index in [-0.39, 0.29) is 11.8 Å². The first-order valence-electron chi connectivity index (χ1n) is 7.34. The maximum absolute atomic E-state index is 12.4. The number of aromatic amines is 1. The normalized spacial score (nSPS) is 14.9. The summed E-state index contributed by atoms with van der Waals surface area (Å²) in [5.41, 5.74) is 2.53. The van der Waals surface area contributed by atoms with Gasteiger partial charge in [0, 0.05) is 25.5 Å². The van der Waals surface area contributed by atoms with Crippen LogP contribution in [0.15, 0.2) is 41.8 Å². The summed E-state index contributed by atoms with van der Waals surface area (Å²) in [6.07, 6.45) is 5.09. The number of likely N-dealkylation sites (tertiary alicyclic amines) is 1. The number of amides is 1. The first-order valence-corrected chi connectivity index (χ1v) is 8.57. The molecular weight excluding hydrogens is 310 g/mol. The number of rotatable bonds is 3. The second-order valence-electron chi connectivity index (χ2n) is 5.50. The van der Waals surface area contributed by atoms with E-state index in [1.54, 1.807) is 17.3 Å². The van der Waals surface area contributed by atoms with Crippen molar-refractivity contribution in [2.24, 2.45) is 0 Å². The summed E-state index contributed by atoms with van der Waals surface area (Å²) in [6, 6.07) is 7.96. The number of nitrogens with zero attached hydrogens (tertiary/aromatic N) is 4. The molecule has 3 heterocycles. The van der Waals surface area contributed by atoms with Gasteiger partial charge in [0.25, 0.3) is 5.91 Å².